The number of para-hydroxylation sites is 1. The lowest BCUT2D eigenvalue weighted by atomic mass is 9.78. The predicted octanol–water partition coefficient (Wildman–Crippen LogP) is 3.37. The van der Waals surface area contributed by atoms with Gasteiger partial charge in [0.2, 0.25) is 5.43 Å². The highest BCUT2D eigenvalue weighted by Gasteiger charge is 2.33. The van der Waals surface area contributed by atoms with Crippen molar-refractivity contribution in [2.24, 2.45) is 0 Å². The molecule has 0 unspecified atom stereocenters. The van der Waals surface area contributed by atoms with Crippen LogP contribution in [0.4, 0.5) is 5.69 Å². The summed E-state index contributed by atoms with van der Waals surface area (Å²) in [5, 5.41) is 33.3. The lowest BCUT2D eigenvalue weighted by molar-refractivity contribution is -0.0896. The Morgan fingerprint density at radius 2 is 1.68 bits per heavy atom. The molecular formula is C24H28N2O5. The van der Waals surface area contributed by atoms with Crippen LogP contribution >= 0.6 is 0 Å². The van der Waals surface area contributed by atoms with Crippen molar-refractivity contribution in [3.05, 3.63) is 69.5 Å². The van der Waals surface area contributed by atoms with Crippen LogP contribution in [0, 0.1) is 0 Å². The Bertz CT molecular complexity index is 1200. The normalized spacial score (nSPS) is 12.4. The number of phenolic OH excluding ortho intramolecular Hbond substituents is 1. The maximum Gasteiger partial charge on any atom is 0.261 e. The summed E-state index contributed by atoms with van der Waals surface area (Å²) in [5.41, 5.74) is -0.0310. The fraction of sp³-hybridized carbons (Fsp3) is 0.333. The molecule has 1 amide bonds. The summed E-state index contributed by atoms with van der Waals surface area (Å²) in [6.07, 6.45) is -0.321. The third kappa shape index (κ3) is 4.19. The number of anilines is 1. The van der Waals surface area contributed by atoms with E-state index in [9.17, 15) is 24.9 Å². The summed E-state index contributed by atoms with van der Waals surface area (Å²) in [5.74, 6) is -0.792. The second kappa shape index (κ2) is 7.83. The molecule has 1 aromatic heterocycles. The van der Waals surface area contributed by atoms with Crippen molar-refractivity contribution < 1.29 is 20.1 Å². The van der Waals surface area contributed by atoms with Crippen LogP contribution in [0.25, 0.3) is 10.9 Å². The molecule has 164 valence electrons. The van der Waals surface area contributed by atoms with Gasteiger partial charge in [0, 0.05) is 39.8 Å². The number of aliphatic hydroxyl groups excluding tert-OH is 1. The monoisotopic (exact) mass is 424 g/mol. The zero-order chi connectivity index (χ0) is 23.1. The van der Waals surface area contributed by atoms with Gasteiger partial charge in [0.05, 0.1) is 0 Å². The minimum Gasteiger partial charge on any atom is -0.508 e. The number of fused-ring (bicyclic) bond motifs is 1. The fourth-order valence-electron chi connectivity index (χ4n) is 3.49. The topological polar surface area (TPSA) is 123 Å². The van der Waals surface area contributed by atoms with Gasteiger partial charge in [-0.2, -0.15) is 0 Å². The average molecular weight is 424 g/mol. The van der Waals surface area contributed by atoms with Gasteiger partial charge in [0.1, 0.15) is 11.3 Å². The number of hydrogen-bond donors (Lipinski definition) is 5. The molecule has 0 bridgehead atoms. The number of H-pyrrole nitrogens is 1. The number of carbonyl (C=O) groups is 1. The first-order valence-corrected chi connectivity index (χ1v) is 10.00. The number of aromatic nitrogens is 1. The summed E-state index contributed by atoms with van der Waals surface area (Å²) in [6.45, 7) is 9.01. The standard InChI is InChI=1S/C24H28N2O5/c1-23(2,3)15-10-16(24(4,5)22(30)31)19(27)11-18(15)26-21(29)14-12-25-17-9-7-6-8-13(17)20(14)28/h6-12,22,27,30-31H,1-5H3,(H,25,28)(H,26,29). The molecule has 0 aliphatic heterocycles. The summed E-state index contributed by atoms with van der Waals surface area (Å²) in [4.78, 5) is 28.7. The Labute approximate surface area is 180 Å². The molecule has 7 heteroatoms. The van der Waals surface area contributed by atoms with Crippen molar-refractivity contribution in [1.82, 2.24) is 4.98 Å². The average Bonchev–Trinajstić information content (AvgIpc) is 2.67. The van der Waals surface area contributed by atoms with Gasteiger partial charge < -0.3 is 25.6 Å². The number of benzene rings is 2. The number of carbonyl (C=O) groups excluding carboxylic acids is 1. The number of phenols is 1. The second-order valence-electron chi connectivity index (χ2n) is 9.29. The van der Waals surface area contributed by atoms with Crippen molar-refractivity contribution in [3.8, 4) is 5.75 Å². The largest absolute Gasteiger partial charge is 0.508 e. The quantitative estimate of drug-likeness (QED) is 0.411. The fourth-order valence-corrected chi connectivity index (χ4v) is 3.49. The molecule has 0 saturated heterocycles. The maximum absolute atomic E-state index is 13.0. The van der Waals surface area contributed by atoms with Gasteiger partial charge >= 0.3 is 0 Å². The number of aromatic amines is 1. The smallest absolute Gasteiger partial charge is 0.261 e. The van der Waals surface area contributed by atoms with Gasteiger partial charge in [-0.25, -0.2) is 0 Å². The number of pyridine rings is 1. The van der Waals surface area contributed by atoms with E-state index in [1.54, 1.807) is 44.2 Å². The SMILES string of the molecule is CC(C)(C)c1cc(C(C)(C)C(O)O)c(O)cc1NC(=O)c1c[nH]c2ccccc2c1=O. The van der Waals surface area contributed by atoms with Gasteiger partial charge in [-0.15, -0.1) is 0 Å². The van der Waals surface area contributed by atoms with Gasteiger partial charge in [0.15, 0.2) is 6.29 Å². The third-order valence-corrected chi connectivity index (χ3v) is 5.56. The van der Waals surface area contributed by atoms with E-state index in [2.05, 4.69) is 10.3 Å². The highest BCUT2D eigenvalue weighted by atomic mass is 16.5. The van der Waals surface area contributed by atoms with Crippen LogP contribution in [0.2, 0.25) is 0 Å². The van der Waals surface area contributed by atoms with Gasteiger partial charge in [-0.3, -0.25) is 9.59 Å². The van der Waals surface area contributed by atoms with E-state index in [0.717, 1.165) is 0 Å². The molecule has 3 aromatic rings. The summed E-state index contributed by atoms with van der Waals surface area (Å²) < 4.78 is 0. The minimum absolute atomic E-state index is 0.0479. The molecule has 0 fully saturated rings. The van der Waals surface area contributed by atoms with Gasteiger partial charge in [-0.05, 0) is 29.2 Å². The molecule has 0 saturated carbocycles. The van der Waals surface area contributed by atoms with E-state index in [1.165, 1.54) is 12.3 Å². The van der Waals surface area contributed by atoms with Crippen LogP contribution in [-0.4, -0.2) is 32.5 Å². The van der Waals surface area contributed by atoms with Crippen molar-refractivity contribution >= 4 is 22.5 Å². The first-order valence-electron chi connectivity index (χ1n) is 10.00. The summed E-state index contributed by atoms with van der Waals surface area (Å²) in [7, 11) is 0. The van der Waals surface area contributed by atoms with Crippen molar-refractivity contribution in [3.63, 3.8) is 0 Å². The molecule has 2 aromatic carbocycles. The predicted molar refractivity (Wildman–Crippen MR) is 121 cm³/mol. The molecule has 1 heterocycles. The van der Waals surface area contributed by atoms with Crippen LogP contribution < -0.4 is 10.7 Å². The molecule has 31 heavy (non-hydrogen) atoms. The molecular weight excluding hydrogens is 396 g/mol. The molecule has 0 aliphatic carbocycles. The molecule has 0 spiro atoms. The van der Waals surface area contributed by atoms with Gasteiger partial charge in [-0.1, -0.05) is 46.8 Å². The van der Waals surface area contributed by atoms with E-state index in [1.807, 2.05) is 20.8 Å². The Balaban J connectivity index is 2.09. The molecule has 7 nitrogen and oxygen atoms in total. The summed E-state index contributed by atoms with van der Waals surface area (Å²) in [6, 6.07) is 9.97. The number of nitrogens with one attached hydrogen (secondary N) is 2. The maximum atomic E-state index is 13.0. The van der Waals surface area contributed by atoms with E-state index in [0.29, 0.717) is 27.7 Å². The van der Waals surface area contributed by atoms with Gasteiger partial charge in [0.25, 0.3) is 5.91 Å². The zero-order valence-electron chi connectivity index (χ0n) is 18.3. The Hall–Kier alpha value is -3.16. The van der Waals surface area contributed by atoms with E-state index >= 15 is 0 Å². The lowest BCUT2D eigenvalue weighted by Gasteiger charge is -2.31. The number of amides is 1. The minimum atomic E-state index is -1.69. The molecule has 5 N–H and O–H groups in total. The number of aromatic hydroxyl groups is 1. The highest BCUT2D eigenvalue weighted by Crippen LogP contribution is 2.40. The van der Waals surface area contributed by atoms with Crippen molar-refractivity contribution in [1.29, 1.82) is 0 Å². The van der Waals surface area contributed by atoms with Crippen LogP contribution in [0.5, 0.6) is 5.75 Å². The van der Waals surface area contributed by atoms with E-state index < -0.39 is 28.5 Å². The van der Waals surface area contributed by atoms with Crippen LogP contribution in [-0.2, 0) is 10.8 Å². The second-order valence-corrected chi connectivity index (χ2v) is 9.29. The van der Waals surface area contributed by atoms with Crippen molar-refractivity contribution in [2.45, 2.75) is 51.7 Å². The molecule has 0 atom stereocenters. The first kappa shape index (κ1) is 22.5. The van der Waals surface area contributed by atoms with E-state index in [-0.39, 0.29) is 11.3 Å². The van der Waals surface area contributed by atoms with Crippen LogP contribution in [0.1, 0.15) is 56.1 Å². The van der Waals surface area contributed by atoms with E-state index in [4.69, 9.17) is 0 Å². The number of hydrogen-bond acceptors (Lipinski definition) is 5. The molecule has 0 radical (unpaired) electrons. The Kier molecular flexibility index (Phi) is 5.69. The number of aliphatic hydroxyl groups is 2. The van der Waals surface area contributed by atoms with Crippen LogP contribution in [0.3, 0.4) is 0 Å². The molecule has 3 rings (SSSR count). The molecule has 0 aliphatic rings. The number of rotatable bonds is 4. The van der Waals surface area contributed by atoms with Crippen LogP contribution in [0.15, 0.2) is 47.4 Å². The third-order valence-electron chi connectivity index (χ3n) is 5.56. The Morgan fingerprint density at radius 3 is 2.29 bits per heavy atom. The Morgan fingerprint density at radius 1 is 1.03 bits per heavy atom. The van der Waals surface area contributed by atoms with Crippen molar-refractivity contribution in [2.75, 3.05) is 5.32 Å². The zero-order valence-corrected chi connectivity index (χ0v) is 18.3. The lowest BCUT2D eigenvalue weighted by Crippen LogP contribution is -2.34. The highest BCUT2D eigenvalue weighted by molar-refractivity contribution is 6.06. The summed E-state index contributed by atoms with van der Waals surface area (Å²) >= 11 is 0. The first-order chi connectivity index (χ1) is 14.3.